The molecule has 0 unspecified atom stereocenters. The fourth-order valence-electron chi connectivity index (χ4n) is 7.78. The van der Waals surface area contributed by atoms with Crippen molar-refractivity contribution in [3.05, 3.63) is 212 Å². The third-order valence-electron chi connectivity index (χ3n) is 10.4. The van der Waals surface area contributed by atoms with E-state index < -0.39 is 0 Å². The minimum absolute atomic E-state index is 1.10. The second kappa shape index (κ2) is 13.7. The first-order chi connectivity index (χ1) is 26.7. The predicted molar refractivity (Wildman–Crippen MR) is 233 cm³/mol. The molecule has 254 valence electrons. The number of thiophene rings is 1. The quantitative estimate of drug-likeness (QED) is 0.160. The molecule has 0 aliphatic carbocycles. The molecule has 0 radical (unpaired) electrons. The molecule has 1 aromatic heterocycles. The number of fused-ring (bicyclic) bond motifs is 4. The first-order valence-corrected chi connectivity index (χ1v) is 19.2. The molecule has 0 amide bonds. The van der Waals surface area contributed by atoms with Crippen molar-refractivity contribution in [1.82, 2.24) is 0 Å². The van der Waals surface area contributed by atoms with Crippen LogP contribution >= 0.6 is 11.3 Å². The maximum Gasteiger partial charge on any atom is 0.0473 e. The predicted octanol–water partition coefficient (Wildman–Crippen LogP) is 15.3. The van der Waals surface area contributed by atoms with Crippen LogP contribution in [0.1, 0.15) is 0 Å². The molecule has 54 heavy (non-hydrogen) atoms. The van der Waals surface area contributed by atoms with E-state index in [2.05, 4.69) is 217 Å². The largest absolute Gasteiger partial charge is 0.310 e. The van der Waals surface area contributed by atoms with Crippen LogP contribution in [0.3, 0.4) is 0 Å². The Morgan fingerprint density at radius 3 is 1.59 bits per heavy atom. The monoisotopic (exact) mass is 705 g/mol. The fourth-order valence-corrected chi connectivity index (χ4v) is 8.87. The minimum atomic E-state index is 1.10. The highest BCUT2D eigenvalue weighted by atomic mass is 32.1. The number of anilines is 3. The molecule has 0 spiro atoms. The van der Waals surface area contributed by atoms with Crippen LogP contribution in [0.25, 0.3) is 75.5 Å². The highest BCUT2D eigenvalue weighted by Crippen LogP contribution is 2.42. The van der Waals surface area contributed by atoms with Gasteiger partial charge in [0, 0.05) is 37.2 Å². The summed E-state index contributed by atoms with van der Waals surface area (Å²) in [6, 6.07) is 77.3. The smallest absolute Gasteiger partial charge is 0.0473 e. The summed E-state index contributed by atoms with van der Waals surface area (Å²) < 4.78 is 2.65. The van der Waals surface area contributed by atoms with E-state index in [-0.39, 0.29) is 0 Å². The molecule has 0 N–H and O–H groups in total. The lowest BCUT2D eigenvalue weighted by Crippen LogP contribution is -2.10. The Balaban J connectivity index is 1.14. The van der Waals surface area contributed by atoms with Crippen molar-refractivity contribution in [2.75, 3.05) is 4.90 Å². The number of benzene rings is 9. The zero-order valence-electron chi connectivity index (χ0n) is 29.6. The van der Waals surface area contributed by atoms with E-state index in [1.165, 1.54) is 75.5 Å². The lowest BCUT2D eigenvalue weighted by atomic mass is 9.96. The Morgan fingerprint density at radius 1 is 0.278 bits per heavy atom. The molecule has 0 saturated heterocycles. The SMILES string of the molecule is c1ccc(-c2cc(-c3ccccc3)cc(N(c3ccc(-c4ccc5sc6ccccc6c5c4)cc3)c3cccc(-c4cccc5ccccc45)c3)c2)cc1. The first-order valence-electron chi connectivity index (χ1n) is 18.4. The third-order valence-corrected chi connectivity index (χ3v) is 11.6. The van der Waals surface area contributed by atoms with Crippen molar-refractivity contribution in [2.45, 2.75) is 0 Å². The second-order valence-corrected chi connectivity index (χ2v) is 14.9. The molecule has 2 heteroatoms. The topological polar surface area (TPSA) is 3.24 Å². The summed E-state index contributed by atoms with van der Waals surface area (Å²) in [6.45, 7) is 0. The van der Waals surface area contributed by atoms with Crippen LogP contribution in [0.2, 0.25) is 0 Å². The van der Waals surface area contributed by atoms with Gasteiger partial charge in [-0.25, -0.2) is 0 Å². The summed E-state index contributed by atoms with van der Waals surface area (Å²) in [5, 5.41) is 5.13. The molecule has 0 atom stereocenters. The molecule has 1 heterocycles. The summed E-state index contributed by atoms with van der Waals surface area (Å²) in [6.07, 6.45) is 0. The van der Waals surface area contributed by atoms with Gasteiger partial charge in [0.05, 0.1) is 0 Å². The van der Waals surface area contributed by atoms with Gasteiger partial charge in [0.15, 0.2) is 0 Å². The normalized spacial score (nSPS) is 11.3. The third kappa shape index (κ3) is 5.93. The molecule has 9 aromatic carbocycles. The van der Waals surface area contributed by atoms with Gasteiger partial charge in [0.25, 0.3) is 0 Å². The van der Waals surface area contributed by atoms with Crippen LogP contribution < -0.4 is 4.90 Å². The van der Waals surface area contributed by atoms with Crippen LogP contribution in [0.5, 0.6) is 0 Å². The number of hydrogen-bond donors (Lipinski definition) is 0. The molecule has 0 saturated carbocycles. The molecule has 0 aliphatic heterocycles. The van der Waals surface area contributed by atoms with Gasteiger partial charge in [-0.15, -0.1) is 11.3 Å². The van der Waals surface area contributed by atoms with Gasteiger partial charge in [0.1, 0.15) is 0 Å². The molecular weight excluding hydrogens is 671 g/mol. The van der Waals surface area contributed by atoms with Crippen LogP contribution in [0.15, 0.2) is 212 Å². The van der Waals surface area contributed by atoms with Gasteiger partial charge in [-0.3, -0.25) is 0 Å². The van der Waals surface area contributed by atoms with Crippen LogP contribution in [0.4, 0.5) is 17.1 Å². The first kappa shape index (κ1) is 32.0. The Labute approximate surface area is 319 Å². The standard InChI is InChI=1S/C52H35NS/c1-3-13-36(14-4-1)42-31-43(37-15-5-2-6-16-37)34-46(33-42)53(45-20-11-19-41(32-45)48-23-12-18-39-17-7-8-21-47(39)48)44-28-25-38(26-29-44)40-27-30-52-50(35-40)49-22-9-10-24-51(49)54-52/h1-35H. The van der Waals surface area contributed by atoms with E-state index in [9.17, 15) is 0 Å². The van der Waals surface area contributed by atoms with Crippen molar-refractivity contribution >= 4 is 59.3 Å². The Hall–Kier alpha value is -6.74. The van der Waals surface area contributed by atoms with Crippen molar-refractivity contribution in [3.8, 4) is 44.5 Å². The zero-order chi connectivity index (χ0) is 35.8. The van der Waals surface area contributed by atoms with Gasteiger partial charge in [-0.2, -0.15) is 0 Å². The maximum absolute atomic E-state index is 2.41. The van der Waals surface area contributed by atoms with Gasteiger partial charge in [-0.1, -0.05) is 152 Å². The van der Waals surface area contributed by atoms with E-state index in [4.69, 9.17) is 0 Å². The molecule has 10 aromatic rings. The summed E-state index contributed by atoms with van der Waals surface area (Å²) in [5.41, 5.74) is 12.9. The molecule has 0 bridgehead atoms. The van der Waals surface area contributed by atoms with Crippen LogP contribution in [0, 0.1) is 0 Å². The van der Waals surface area contributed by atoms with Crippen LogP contribution in [-0.2, 0) is 0 Å². The molecule has 0 fully saturated rings. The average Bonchev–Trinajstić information content (AvgIpc) is 3.62. The summed E-state index contributed by atoms with van der Waals surface area (Å²) in [7, 11) is 0. The van der Waals surface area contributed by atoms with Gasteiger partial charge >= 0.3 is 0 Å². The lowest BCUT2D eigenvalue weighted by molar-refractivity contribution is 1.28. The molecule has 1 nitrogen and oxygen atoms in total. The number of nitrogens with zero attached hydrogens (tertiary/aromatic N) is 1. The average molecular weight is 706 g/mol. The number of rotatable bonds is 7. The molecule has 0 aliphatic rings. The Morgan fingerprint density at radius 2 is 0.833 bits per heavy atom. The van der Waals surface area contributed by atoms with E-state index in [1.54, 1.807) is 0 Å². The molecule has 10 rings (SSSR count). The zero-order valence-corrected chi connectivity index (χ0v) is 30.4. The van der Waals surface area contributed by atoms with E-state index in [0.717, 1.165) is 17.1 Å². The fraction of sp³-hybridized carbons (Fsp3) is 0. The van der Waals surface area contributed by atoms with Crippen LogP contribution in [-0.4, -0.2) is 0 Å². The minimum Gasteiger partial charge on any atom is -0.310 e. The van der Waals surface area contributed by atoms with E-state index in [0.29, 0.717) is 0 Å². The van der Waals surface area contributed by atoms with Crippen molar-refractivity contribution in [1.29, 1.82) is 0 Å². The van der Waals surface area contributed by atoms with Gasteiger partial charge in [-0.05, 0) is 116 Å². The van der Waals surface area contributed by atoms with E-state index in [1.807, 2.05) is 11.3 Å². The Kier molecular flexibility index (Phi) is 8.09. The van der Waals surface area contributed by atoms with Gasteiger partial charge < -0.3 is 4.90 Å². The summed E-state index contributed by atoms with van der Waals surface area (Å²) in [4.78, 5) is 2.41. The summed E-state index contributed by atoms with van der Waals surface area (Å²) in [5.74, 6) is 0. The molecular formula is C52H35NS. The highest BCUT2D eigenvalue weighted by Gasteiger charge is 2.18. The van der Waals surface area contributed by atoms with Crippen molar-refractivity contribution in [2.24, 2.45) is 0 Å². The second-order valence-electron chi connectivity index (χ2n) is 13.8. The van der Waals surface area contributed by atoms with Crippen molar-refractivity contribution < 1.29 is 0 Å². The maximum atomic E-state index is 2.41. The number of hydrogen-bond acceptors (Lipinski definition) is 2. The Bertz CT molecular complexity index is 2860. The van der Waals surface area contributed by atoms with Crippen molar-refractivity contribution in [3.63, 3.8) is 0 Å². The van der Waals surface area contributed by atoms with E-state index >= 15 is 0 Å². The highest BCUT2D eigenvalue weighted by molar-refractivity contribution is 7.25. The summed E-state index contributed by atoms with van der Waals surface area (Å²) >= 11 is 1.86. The van der Waals surface area contributed by atoms with Gasteiger partial charge in [0.2, 0.25) is 0 Å². The lowest BCUT2D eigenvalue weighted by Gasteiger charge is -2.27.